The molecule has 0 saturated carbocycles. The Morgan fingerprint density at radius 1 is 0.970 bits per heavy atom. The van der Waals surface area contributed by atoms with Gasteiger partial charge in [-0.15, -0.1) is 0 Å². The number of ether oxygens (including phenoxy) is 2. The molecule has 1 saturated heterocycles. The van der Waals surface area contributed by atoms with Crippen LogP contribution in [0, 0.1) is 0 Å². The molecule has 0 radical (unpaired) electrons. The summed E-state index contributed by atoms with van der Waals surface area (Å²) in [5.41, 5.74) is 2.11. The summed E-state index contributed by atoms with van der Waals surface area (Å²) in [5, 5.41) is 0. The van der Waals surface area contributed by atoms with Crippen LogP contribution < -0.4 is 9.47 Å². The molecule has 1 heterocycles. The number of methoxy groups -OCH3 is 1. The molecule has 0 spiro atoms. The maximum atomic E-state index is 12.8. The van der Waals surface area contributed by atoms with Gasteiger partial charge >= 0.3 is 6.61 Å². The highest BCUT2D eigenvalue weighted by Crippen LogP contribution is 2.33. The van der Waals surface area contributed by atoms with E-state index in [0.29, 0.717) is 43.2 Å². The van der Waals surface area contributed by atoms with Gasteiger partial charge in [0.25, 0.3) is 5.91 Å². The molecule has 3 rings (SSSR count). The molecular formula is C25H28F2N2O4. The molecule has 0 N–H and O–H groups in total. The van der Waals surface area contributed by atoms with Crippen LogP contribution in [0.2, 0.25) is 0 Å². The Hall–Kier alpha value is -3.42. The van der Waals surface area contributed by atoms with E-state index in [4.69, 9.17) is 4.74 Å². The zero-order valence-electron chi connectivity index (χ0n) is 19.0. The number of hydrogen-bond donors (Lipinski definition) is 0. The van der Waals surface area contributed by atoms with Gasteiger partial charge in [-0.3, -0.25) is 9.59 Å². The Bertz CT molecular complexity index is 998. The molecule has 176 valence electrons. The Balaban J connectivity index is 1.61. The third kappa shape index (κ3) is 6.09. The molecule has 0 unspecified atom stereocenters. The van der Waals surface area contributed by atoms with Gasteiger partial charge in [-0.05, 0) is 35.8 Å². The van der Waals surface area contributed by atoms with E-state index >= 15 is 0 Å². The molecule has 8 heteroatoms. The van der Waals surface area contributed by atoms with Gasteiger partial charge in [0, 0.05) is 43.4 Å². The van der Waals surface area contributed by atoms with Crippen LogP contribution in [0.5, 0.6) is 11.5 Å². The van der Waals surface area contributed by atoms with E-state index in [9.17, 15) is 18.4 Å². The summed E-state index contributed by atoms with van der Waals surface area (Å²) in [6.45, 7) is 2.79. The van der Waals surface area contributed by atoms with Crippen LogP contribution in [-0.2, 0) is 4.79 Å². The van der Waals surface area contributed by atoms with Crippen molar-refractivity contribution >= 4 is 17.9 Å². The van der Waals surface area contributed by atoms with Crippen molar-refractivity contribution in [2.24, 2.45) is 0 Å². The van der Waals surface area contributed by atoms with Crippen LogP contribution in [-0.4, -0.2) is 61.5 Å². The number of para-hydroxylation sites is 1. The summed E-state index contributed by atoms with van der Waals surface area (Å²) in [7, 11) is 1.35. The summed E-state index contributed by atoms with van der Waals surface area (Å²) < 4.78 is 35.2. The van der Waals surface area contributed by atoms with Crippen molar-refractivity contribution in [1.82, 2.24) is 9.80 Å². The summed E-state index contributed by atoms with van der Waals surface area (Å²) >= 11 is 0. The van der Waals surface area contributed by atoms with E-state index in [0.717, 1.165) is 0 Å². The van der Waals surface area contributed by atoms with Gasteiger partial charge in [0.05, 0.1) is 7.11 Å². The lowest BCUT2D eigenvalue weighted by Crippen LogP contribution is -2.50. The molecule has 2 amide bonds. The standard InChI is InChI=1S/C25H28F2N2O4/c1-17(2)18-7-9-20(10-8-18)24(31)29-15-13-28(14-16-29)22(30)12-11-19-5-4-6-21(32-3)23(19)33-25(26)27/h4-12,17,25H,13-16H2,1-3H3/b12-11+. The number of hydrogen-bond acceptors (Lipinski definition) is 4. The number of nitrogens with zero attached hydrogens (tertiary/aromatic N) is 2. The first-order chi connectivity index (χ1) is 15.8. The summed E-state index contributed by atoms with van der Waals surface area (Å²) in [6.07, 6.45) is 2.74. The first-order valence-electron chi connectivity index (χ1n) is 10.8. The van der Waals surface area contributed by atoms with E-state index in [1.807, 2.05) is 24.3 Å². The minimum atomic E-state index is -3.02. The molecule has 1 aliphatic rings. The maximum absolute atomic E-state index is 12.8. The molecule has 0 atom stereocenters. The molecule has 2 aromatic carbocycles. The number of rotatable bonds is 7. The van der Waals surface area contributed by atoms with Crippen molar-refractivity contribution in [1.29, 1.82) is 0 Å². The summed E-state index contributed by atoms with van der Waals surface area (Å²) in [6, 6.07) is 12.3. The van der Waals surface area contributed by atoms with Gasteiger partial charge < -0.3 is 19.3 Å². The van der Waals surface area contributed by atoms with Crippen molar-refractivity contribution in [3.63, 3.8) is 0 Å². The molecule has 0 aromatic heterocycles. The second-order valence-electron chi connectivity index (χ2n) is 7.98. The zero-order valence-corrected chi connectivity index (χ0v) is 19.0. The van der Waals surface area contributed by atoms with E-state index in [-0.39, 0.29) is 23.3 Å². The molecular weight excluding hydrogens is 430 g/mol. The largest absolute Gasteiger partial charge is 0.493 e. The highest BCUT2D eigenvalue weighted by atomic mass is 19.3. The van der Waals surface area contributed by atoms with Gasteiger partial charge in [0.1, 0.15) is 0 Å². The van der Waals surface area contributed by atoms with Crippen LogP contribution in [0.15, 0.2) is 48.5 Å². The highest BCUT2D eigenvalue weighted by Gasteiger charge is 2.24. The van der Waals surface area contributed by atoms with E-state index in [1.165, 1.54) is 30.9 Å². The Morgan fingerprint density at radius 2 is 1.61 bits per heavy atom. The number of piperazine rings is 1. The lowest BCUT2D eigenvalue weighted by atomic mass is 10.0. The first-order valence-corrected chi connectivity index (χ1v) is 10.8. The predicted molar refractivity (Wildman–Crippen MR) is 122 cm³/mol. The molecule has 1 fully saturated rings. The van der Waals surface area contributed by atoms with Crippen molar-refractivity contribution in [3.8, 4) is 11.5 Å². The predicted octanol–water partition coefficient (Wildman–Crippen LogP) is 4.42. The van der Waals surface area contributed by atoms with Crippen molar-refractivity contribution in [2.75, 3.05) is 33.3 Å². The average Bonchev–Trinajstić information content (AvgIpc) is 2.82. The number of carbonyl (C=O) groups excluding carboxylic acids is 2. The number of benzene rings is 2. The van der Waals surface area contributed by atoms with E-state index < -0.39 is 6.61 Å². The lowest BCUT2D eigenvalue weighted by molar-refractivity contribution is -0.127. The SMILES string of the molecule is COc1cccc(/C=C/C(=O)N2CCN(C(=O)c3ccc(C(C)C)cc3)CC2)c1OC(F)F. The van der Waals surface area contributed by atoms with Crippen LogP contribution >= 0.6 is 0 Å². The highest BCUT2D eigenvalue weighted by molar-refractivity contribution is 5.95. The zero-order chi connectivity index (χ0) is 24.0. The fraction of sp³-hybridized carbons (Fsp3) is 0.360. The average molecular weight is 459 g/mol. The Labute approximate surface area is 192 Å². The molecule has 0 aliphatic carbocycles. The number of carbonyl (C=O) groups is 2. The van der Waals surface area contributed by atoms with E-state index in [1.54, 1.807) is 21.9 Å². The minimum absolute atomic E-state index is 0.0573. The van der Waals surface area contributed by atoms with Crippen LogP contribution in [0.1, 0.15) is 41.3 Å². The topological polar surface area (TPSA) is 59.1 Å². The lowest BCUT2D eigenvalue weighted by Gasteiger charge is -2.34. The molecule has 33 heavy (non-hydrogen) atoms. The fourth-order valence-corrected chi connectivity index (χ4v) is 3.63. The molecule has 2 aromatic rings. The second-order valence-corrected chi connectivity index (χ2v) is 7.98. The smallest absolute Gasteiger partial charge is 0.387 e. The first kappa shape index (κ1) is 24.2. The van der Waals surface area contributed by atoms with Crippen LogP contribution in [0.25, 0.3) is 6.08 Å². The quantitative estimate of drug-likeness (QED) is 0.577. The van der Waals surface area contributed by atoms with Gasteiger partial charge in [-0.25, -0.2) is 0 Å². The van der Waals surface area contributed by atoms with E-state index in [2.05, 4.69) is 18.6 Å². The maximum Gasteiger partial charge on any atom is 0.387 e. The van der Waals surface area contributed by atoms with Gasteiger partial charge in [0.2, 0.25) is 5.91 Å². The fourth-order valence-electron chi connectivity index (χ4n) is 3.63. The molecule has 6 nitrogen and oxygen atoms in total. The Morgan fingerprint density at radius 3 is 2.18 bits per heavy atom. The van der Waals surface area contributed by atoms with Gasteiger partial charge in [0.15, 0.2) is 11.5 Å². The second kappa shape index (κ2) is 10.9. The monoisotopic (exact) mass is 458 g/mol. The number of alkyl halides is 2. The summed E-state index contributed by atoms with van der Waals surface area (Å²) in [5.74, 6) is 0.0930. The number of amides is 2. The minimum Gasteiger partial charge on any atom is -0.493 e. The normalized spacial score (nSPS) is 14.3. The van der Waals surface area contributed by atoms with Crippen molar-refractivity contribution < 1.29 is 27.8 Å². The van der Waals surface area contributed by atoms with Crippen LogP contribution in [0.3, 0.4) is 0 Å². The molecule has 0 bridgehead atoms. The number of halogens is 2. The van der Waals surface area contributed by atoms with Crippen molar-refractivity contribution in [3.05, 3.63) is 65.2 Å². The van der Waals surface area contributed by atoms with Crippen LogP contribution in [0.4, 0.5) is 8.78 Å². The third-order valence-electron chi connectivity index (χ3n) is 5.54. The Kier molecular flexibility index (Phi) is 8.03. The molecule has 1 aliphatic heterocycles. The third-order valence-corrected chi connectivity index (χ3v) is 5.54. The van der Waals surface area contributed by atoms with Gasteiger partial charge in [-0.1, -0.05) is 38.1 Å². The van der Waals surface area contributed by atoms with Crippen molar-refractivity contribution in [2.45, 2.75) is 26.4 Å². The van der Waals surface area contributed by atoms with Gasteiger partial charge in [-0.2, -0.15) is 8.78 Å². The summed E-state index contributed by atoms with van der Waals surface area (Å²) in [4.78, 5) is 28.7.